The highest BCUT2D eigenvalue weighted by molar-refractivity contribution is 5.49. The molecule has 1 N–H and O–H groups in total. The molecular weight excluding hydrogens is 238 g/mol. The number of aromatic nitrogens is 3. The van der Waals surface area contributed by atoms with Gasteiger partial charge in [0.2, 0.25) is 5.95 Å². The Morgan fingerprint density at radius 1 is 1.32 bits per heavy atom. The lowest BCUT2D eigenvalue weighted by atomic mass is 10.3. The van der Waals surface area contributed by atoms with Gasteiger partial charge >= 0.3 is 0 Å². The summed E-state index contributed by atoms with van der Waals surface area (Å²) in [7, 11) is 0. The lowest BCUT2D eigenvalue weighted by molar-refractivity contribution is 0.300. The molecule has 2 heterocycles. The molecule has 0 atom stereocenters. The van der Waals surface area contributed by atoms with Crippen LogP contribution in [-0.4, -0.2) is 45.7 Å². The maximum absolute atomic E-state index is 4.50. The molecule has 2 aromatic rings. The van der Waals surface area contributed by atoms with E-state index in [9.17, 15) is 0 Å². The number of nitrogens with one attached hydrogen (secondary N) is 1. The van der Waals surface area contributed by atoms with E-state index in [1.807, 2.05) is 29.8 Å². The topological polar surface area (TPSA) is 45.5 Å². The van der Waals surface area contributed by atoms with Crippen molar-refractivity contribution in [2.45, 2.75) is 27.2 Å². The van der Waals surface area contributed by atoms with Gasteiger partial charge in [-0.2, -0.15) is 4.98 Å². The highest BCUT2D eigenvalue weighted by Crippen LogP contribution is 2.09. The first-order chi connectivity index (χ1) is 9.24. The van der Waals surface area contributed by atoms with E-state index < -0.39 is 0 Å². The Labute approximate surface area is 114 Å². The Balaban J connectivity index is 1.93. The minimum absolute atomic E-state index is 0.710. The Bertz CT molecular complexity index is 520. The van der Waals surface area contributed by atoms with Crippen molar-refractivity contribution in [2.75, 3.05) is 31.5 Å². The molecule has 0 aliphatic carbocycles. The van der Waals surface area contributed by atoms with E-state index >= 15 is 0 Å². The largest absolute Gasteiger partial charge is 0.352 e. The second kappa shape index (κ2) is 6.52. The minimum Gasteiger partial charge on any atom is -0.352 e. The number of aryl methyl sites for hydroxylation is 1. The van der Waals surface area contributed by atoms with E-state index in [-0.39, 0.29) is 0 Å². The highest BCUT2D eigenvalue weighted by Gasteiger charge is 2.05. The Morgan fingerprint density at radius 3 is 2.84 bits per heavy atom. The summed E-state index contributed by atoms with van der Waals surface area (Å²) in [6, 6.07) is 4.04. The van der Waals surface area contributed by atoms with Crippen LogP contribution in [0, 0.1) is 6.92 Å². The zero-order chi connectivity index (χ0) is 13.7. The van der Waals surface area contributed by atoms with Gasteiger partial charge in [0.15, 0.2) is 5.65 Å². The van der Waals surface area contributed by atoms with Gasteiger partial charge in [-0.15, -0.1) is 5.10 Å². The molecule has 2 aromatic heterocycles. The molecule has 19 heavy (non-hydrogen) atoms. The summed E-state index contributed by atoms with van der Waals surface area (Å²) in [6.07, 6.45) is 3.12. The maximum Gasteiger partial charge on any atom is 0.243 e. The zero-order valence-corrected chi connectivity index (χ0v) is 12.1. The number of fused-ring (bicyclic) bond motifs is 1. The van der Waals surface area contributed by atoms with E-state index in [0.29, 0.717) is 5.95 Å². The summed E-state index contributed by atoms with van der Waals surface area (Å²) in [4.78, 5) is 6.93. The highest BCUT2D eigenvalue weighted by atomic mass is 15.3. The van der Waals surface area contributed by atoms with E-state index in [1.165, 1.54) is 6.42 Å². The van der Waals surface area contributed by atoms with Gasteiger partial charge in [0.05, 0.1) is 0 Å². The van der Waals surface area contributed by atoms with Gasteiger partial charge in [-0.25, -0.2) is 4.52 Å². The summed E-state index contributed by atoms with van der Waals surface area (Å²) in [5.41, 5.74) is 2.06. The number of hydrogen-bond acceptors (Lipinski definition) is 4. The third-order valence-electron chi connectivity index (χ3n) is 3.26. The van der Waals surface area contributed by atoms with Crippen LogP contribution in [0.3, 0.4) is 0 Å². The second-order valence-corrected chi connectivity index (χ2v) is 4.76. The van der Waals surface area contributed by atoms with Gasteiger partial charge in [0, 0.05) is 19.3 Å². The summed E-state index contributed by atoms with van der Waals surface area (Å²) in [5, 5.41) is 7.72. The lowest BCUT2D eigenvalue weighted by Gasteiger charge is -2.19. The van der Waals surface area contributed by atoms with E-state index in [0.717, 1.165) is 37.4 Å². The number of nitrogens with zero attached hydrogens (tertiary/aromatic N) is 4. The van der Waals surface area contributed by atoms with Gasteiger partial charge in [-0.1, -0.05) is 19.9 Å². The van der Waals surface area contributed by atoms with Crippen molar-refractivity contribution in [3.63, 3.8) is 0 Å². The number of pyridine rings is 1. The fourth-order valence-corrected chi connectivity index (χ4v) is 2.18. The van der Waals surface area contributed by atoms with Gasteiger partial charge in [-0.05, 0) is 38.1 Å². The van der Waals surface area contributed by atoms with Gasteiger partial charge in [0.1, 0.15) is 0 Å². The second-order valence-electron chi connectivity index (χ2n) is 4.76. The summed E-state index contributed by atoms with van der Waals surface area (Å²) < 4.78 is 1.82. The van der Waals surface area contributed by atoms with E-state index in [2.05, 4.69) is 34.1 Å². The third kappa shape index (κ3) is 3.44. The van der Waals surface area contributed by atoms with Crippen LogP contribution in [0.4, 0.5) is 5.95 Å². The Kier molecular flexibility index (Phi) is 4.74. The van der Waals surface area contributed by atoms with Crippen LogP contribution < -0.4 is 5.32 Å². The van der Waals surface area contributed by atoms with Crippen LogP contribution in [0.1, 0.15) is 25.8 Å². The molecule has 104 valence electrons. The molecule has 0 bridgehead atoms. The van der Waals surface area contributed by atoms with E-state index in [4.69, 9.17) is 0 Å². The fraction of sp³-hybridized carbons (Fsp3) is 0.571. The molecular formula is C14H23N5. The van der Waals surface area contributed by atoms with Crippen molar-refractivity contribution in [1.29, 1.82) is 0 Å². The smallest absolute Gasteiger partial charge is 0.243 e. The fourth-order valence-electron chi connectivity index (χ4n) is 2.18. The van der Waals surface area contributed by atoms with Gasteiger partial charge in [-0.3, -0.25) is 0 Å². The molecule has 2 rings (SSSR count). The SMILES string of the molecule is CCCN(CC)CCNc1nc2c(C)cccn2n1. The number of likely N-dealkylation sites (N-methyl/N-ethyl adjacent to an activating group) is 1. The van der Waals surface area contributed by atoms with E-state index in [1.54, 1.807) is 0 Å². The molecule has 0 fully saturated rings. The van der Waals surface area contributed by atoms with Crippen LogP contribution in [0.15, 0.2) is 18.3 Å². The molecule has 0 saturated carbocycles. The average molecular weight is 261 g/mol. The van der Waals surface area contributed by atoms with Crippen LogP contribution in [0.5, 0.6) is 0 Å². The van der Waals surface area contributed by atoms with Crippen molar-refractivity contribution in [2.24, 2.45) is 0 Å². The summed E-state index contributed by atoms with van der Waals surface area (Å²) in [5.74, 6) is 0.710. The summed E-state index contributed by atoms with van der Waals surface area (Å²) in [6.45, 7) is 10.6. The molecule has 0 spiro atoms. The van der Waals surface area contributed by atoms with Crippen molar-refractivity contribution in [3.8, 4) is 0 Å². The van der Waals surface area contributed by atoms with Crippen molar-refractivity contribution in [1.82, 2.24) is 19.5 Å². The Morgan fingerprint density at radius 2 is 2.16 bits per heavy atom. The van der Waals surface area contributed by atoms with Crippen molar-refractivity contribution >= 4 is 11.6 Å². The molecule has 0 radical (unpaired) electrons. The zero-order valence-electron chi connectivity index (χ0n) is 12.1. The Hall–Kier alpha value is -1.62. The average Bonchev–Trinajstić information content (AvgIpc) is 2.82. The standard InChI is InChI=1S/C14H23N5/c1-4-9-18(5-2)11-8-15-14-16-13-12(3)7-6-10-19(13)17-14/h6-7,10H,4-5,8-9,11H2,1-3H3,(H,15,17). The number of hydrogen-bond donors (Lipinski definition) is 1. The minimum atomic E-state index is 0.710. The maximum atomic E-state index is 4.50. The summed E-state index contributed by atoms with van der Waals surface area (Å²) >= 11 is 0. The predicted molar refractivity (Wildman–Crippen MR) is 78.6 cm³/mol. The van der Waals surface area contributed by atoms with Crippen LogP contribution >= 0.6 is 0 Å². The molecule has 0 aromatic carbocycles. The monoisotopic (exact) mass is 261 g/mol. The van der Waals surface area contributed by atoms with Crippen molar-refractivity contribution in [3.05, 3.63) is 23.9 Å². The van der Waals surface area contributed by atoms with Crippen LogP contribution in [0.25, 0.3) is 5.65 Å². The predicted octanol–water partition coefficient (Wildman–Crippen LogP) is 2.18. The van der Waals surface area contributed by atoms with Crippen molar-refractivity contribution < 1.29 is 0 Å². The number of rotatable bonds is 7. The molecule has 0 saturated heterocycles. The van der Waals surface area contributed by atoms with Crippen LogP contribution in [-0.2, 0) is 0 Å². The first-order valence-electron chi connectivity index (χ1n) is 7.02. The molecule has 0 unspecified atom stereocenters. The van der Waals surface area contributed by atoms with Gasteiger partial charge in [0.25, 0.3) is 0 Å². The molecule has 5 heteroatoms. The van der Waals surface area contributed by atoms with Crippen LogP contribution in [0.2, 0.25) is 0 Å². The first kappa shape index (κ1) is 13.8. The lowest BCUT2D eigenvalue weighted by Crippen LogP contribution is -2.29. The molecule has 5 nitrogen and oxygen atoms in total. The first-order valence-corrected chi connectivity index (χ1v) is 7.02. The molecule has 0 aliphatic rings. The van der Waals surface area contributed by atoms with Gasteiger partial charge < -0.3 is 10.2 Å². The molecule has 0 aliphatic heterocycles. The quantitative estimate of drug-likeness (QED) is 0.830. The normalized spacial score (nSPS) is 11.4. The third-order valence-corrected chi connectivity index (χ3v) is 3.26. The molecule has 0 amide bonds. The number of anilines is 1.